The quantitative estimate of drug-likeness (QED) is 0.295. The standard InChI is InChI=1S/C23H22ClN3O8S2/c1-34-27(36(2,30)31)18-9-11-19(12-10-18)37(32,33)26-23(29)25-21-14-17(24)8-13-20(21)22(28)35-15-16-6-4-3-5-7-16/h3-14H,15H2,1-2H3,(H2,25,26,29). The van der Waals surface area contributed by atoms with Crippen molar-refractivity contribution in [1.82, 2.24) is 4.72 Å². The highest BCUT2D eigenvalue weighted by atomic mass is 35.5. The molecule has 0 saturated carbocycles. The van der Waals surface area contributed by atoms with E-state index < -0.39 is 32.0 Å². The Bertz CT molecular complexity index is 1500. The van der Waals surface area contributed by atoms with Gasteiger partial charge in [-0.15, -0.1) is 4.47 Å². The van der Waals surface area contributed by atoms with Gasteiger partial charge in [0.15, 0.2) is 0 Å². The van der Waals surface area contributed by atoms with Crippen molar-refractivity contribution in [2.45, 2.75) is 11.5 Å². The second kappa shape index (κ2) is 11.6. The summed E-state index contributed by atoms with van der Waals surface area (Å²) in [5.74, 6) is -0.761. The van der Waals surface area contributed by atoms with Crippen LogP contribution in [-0.4, -0.2) is 42.2 Å². The van der Waals surface area contributed by atoms with Gasteiger partial charge in [-0.05, 0) is 48.0 Å². The van der Waals surface area contributed by atoms with Crippen LogP contribution in [0.1, 0.15) is 15.9 Å². The Kier molecular flexibility index (Phi) is 8.76. The van der Waals surface area contributed by atoms with Crippen LogP contribution in [-0.2, 0) is 36.2 Å². The maximum absolute atomic E-state index is 12.7. The molecule has 196 valence electrons. The van der Waals surface area contributed by atoms with Crippen LogP contribution < -0.4 is 14.5 Å². The number of carbonyl (C=O) groups excluding carboxylic acids is 2. The van der Waals surface area contributed by atoms with E-state index in [4.69, 9.17) is 21.2 Å². The van der Waals surface area contributed by atoms with E-state index in [1.54, 1.807) is 24.3 Å². The van der Waals surface area contributed by atoms with E-state index in [0.29, 0.717) is 4.47 Å². The molecular weight excluding hydrogens is 546 g/mol. The van der Waals surface area contributed by atoms with E-state index in [-0.39, 0.29) is 33.5 Å². The summed E-state index contributed by atoms with van der Waals surface area (Å²) < 4.78 is 56.5. The van der Waals surface area contributed by atoms with E-state index in [2.05, 4.69) is 5.32 Å². The third-order valence-electron chi connectivity index (χ3n) is 4.71. The molecule has 37 heavy (non-hydrogen) atoms. The Morgan fingerprint density at radius 1 is 0.946 bits per heavy atom. The van der Waals surface area contributed by atoms with Gasteiger partial charge in [-0.25, -0.2) is 31.1 Å². The first-order valence-corrected chi connectivity index (χ1v) is 14.1. The van der Waals surface area contributed by atoms with Crippen LogP contribution in [0.2, 0.25) is 5.02 Å². The highest BCUT2D eigenvalue weighted by molar-refractivity contribution is 7.91. The number of carbonyl (C=O) groups is 2. The fraction of sp³-hybridized carbons (Fsp3) is 0.130. The highest BCUT2D eigenvalue weighted by Crippen LogP contribution is 2.23. The van der Waals surface area contributed by atoms with Crippen LogP contribution in [0.5, 0.6) is 0 Å². The fourth-order valence-electron chi connectivity index (χ4n) is 3.11. The zero-order valence-corrected chi connectivity index (χ0v) is 21.9. The molecule has 14 heteroatoms. The number of urea groups is 1. The normalized spacial score (nSPS) is 11.4. The molecule has 11 nitrogen and oxygen atoms in total. The molecule has 0 radical (unpaired) electrons. The molecule has 0 aliphatic rings. The van der Waals surface area contributed by atoms with Crippen LogP contribution >= 0.6 is 11.6 Å². The first kappa shape index (κ1) is 27.9. The summed E-state index contributed by atoms with van der Waals surface area (Å²) >= 11 is 5.99. The number of rotatable bonds is 9. The lowest BCUT2D eigenvalue weighted by Crippen LogP contribution is -2.35. The predicted molar refractivity (Wildman–Crippen MR) is 137 cm³/mol. The summed E-state index contributed by atoms with van der Waals surface area (Å²) in [5, 5.41) is 2.48. The maximum atomic E-state index is 12.7. The number of benzene rings is 3. The number of nitrogens with zero attached hydrogens (tertiary/aromatic N) is 1. The van der Waals surface area contributed by atoms with Gasteiger partial charge in [-0.2, -0.15) is 0 Å². The van der Waals surface area contributed by atoms with Gasteiger partial charge >= 0.3 is 12.0 Å². The van der Waals surface area contributed by atoms with Crippen molar-refractivity contribution in [1.29, 1.82) is 0 Å². The van der Waals surface area contributed by atoms with Crippen LogP contribution in [0, 0.1) is 0 Å². The van der Waals surface area contributed by atoms with Crippen LogP contribution in [0.3, 0.4) is 0 Å². The molecule has 0 unspecified atom stereocenters. The molecule has 3 rings (SSSR count). The zero-order valence-electron chi connectivity index (χ0n) is 19.5. The minimum absolute atomic E-state index is 0.0157. The maximum Gasteiger partial charge on any atom is 0.340 e. The smallest absolute Gasteiger partial charge is 0.340 e. The molecule has 0 atom stereocenters. The summed E-state index contributed by atoms with van der Waals surface area (Å²) in [6.45, 7) is -0.0157. The van der Waals surface area contributed by atoms with Crippen molar-refractivity contribution in [3.8, 4) is 0 Å². The van der Waals surface area contributed by atoms with Gasteiger partial charge in [0, 0.05) is 5.02 Å². The first-order valence-electron chi connectivity index (χ1n) is 10.4. The van der Waals surface area contributed by atoms with Gasteiger partial charge in [-0.1, -0.05) is 41.9 Å². The van der Waals surface area contributed by atoms with E-state index in [0.717, 1.165) is 31.1 Å². The summed E-state index contributed by atoms with van der Waals surface area (Å²) in [6.07, 6.45) is 0.911. The van der Waals surface area contributed by atoms with E-state index in [1.165, 1.54) is 30.3 Å². The molecule has 0 spiro atoms. The van der Waals surface area contributed by atoms with E-state index in [1.807, 2.05) is 10.8 Å². The monoisotopic (exact) mass is 567 g/mol. The van der Waals surface area contributed by atoms with Crippen LogP contribution in [0.4, 0.5) is 16.2 Å². The van der Waals surface area contributed by atoms with Gasteiger partial charge in [0.05, 0.1) is 35.2 Å². The molecule has 3 aromatic rings. The molecular formula is C23H22ClN3O8S2. The minimum atomic E-state index is -4.37. The Hall–Kier alpha value is -3.65. The molecule has 0 aliphatic heterocycles. The molecule has 2 amide bonds. The van der Waals surface area contributed by atoms with Gasteiger partial charge < -0.3 is 10.1 Å². The molecule has 2 N–H and O–H groups in total. The molecule has 0 aromatic heterocycles. The second-order valence-electron chi connectivity index (χ2n) is 7.48. The van der Waals surface area contributed by atoms with Gasteiger partial charge in [0.2, 0.25) is 0 Å². The number of hydrogen-bond acceptors (Lipinski definition) is 8. The molecule has 3 aromatic carbocycles. The summed E-state index contributed by atoms with van der Waals surface area (Å²) in [5.41, 5.74) is 0.681. The summed E-state index contributed by atoms with van der Waals surface area (Å²) in [6, 6.07) is 16.4. The predicted octanol–water partition coefficient (Wildman–Crippen LogP) is 3.53. The fourth-order valence-corrected chi connectivity index (χ4v) is 4.96. The molecule has 0 heterocycles. The number of esters is 1. The Labute approximate surface area is 219 Å². The number of hydrogen-bond donors (Lipinski definition) is 2. The van der Waals surface area contributed by atoms with Crippen molar-refractivity contribution in [2.24, 2.45) is 0 Å². The number of ether oxygens (including phenoxy) is 1. The number of halogens is 1. The number of nitrogens with one attached hydrogen (secondary N) is 2. The van der Waals surface area contributed by atoms with Crippen LogP contribution in [0.25, 0.3) is 0 Å². The van der Waals surface area contributed by atoms with Gasteiger partial charge in [0.25, 0.3) is 20.0 Å². The SMILES string of the molecule is CON(c1ccc(S(=O)(=O)NC(=O)Nc2cc(Cl)ccc2C(=O)OCc2ccccc2)cc1)S(C)(=O)=O. The Balaban J connectivity index is 1.73. The lowest BCUT2D eigenvalue weighted by molar-refractivity contribution is 0.0474. The number of amides is 2. The lowest BCUT2D eigenvalue weighted by atomic mass is 10.2. The number of anilines is 2. The Morgan fingerprint density at radius 3 is 2.19 bits per heavy atom. The van der Waals surface area contributed by atoms with Crippen molar-refractivity contribution >= 4 is 55.0 Å². The number of sulfonamides is 2. The first-order chi connectivity index (χ1) is 17.4. The zero-order chi connectivity index (χ0) is 27.2. The summed E-state index contributed by atoms with van der Waals surface area (Å²) in [7, 11) is -7.01. The van der Waals surface area contributed by atoms with Crippen molar-refractivity contribution in [3.63, 3.8) is 0 Å². The summed E-state index contributed by atoms with van der Waals surface area (Å²) in [4.78, 5) is 29.6. The largest absolute Gasteiger partial charge is 0.457 e. The third kappa shape index (κ3) is 7.43. The van der Waals surface area contributed by atoms with E-state index in [9.17, 15) is 26.4 Å². The van der Waals surface area contributed by atoms with Crippen LogP contribution in [0.15, 0.2) is 77.7 Å². The van der Waals surface area contributed by atoms with Gasteiger partial charge in [-0.3, -0.25) is 4.84 Å². The molecule has 0 bridgehead atoms. The van der Waals surface area contributed by atoms with Crippen molar-refractivity contribution in [2.75, 3.05) is 23.2 Å². The molecule has 0 fully saturated rings. The lowest BCUT2D eigenvalue weighted by Gasteiger charge is -2.19. The highest BCUT2D eigenvalue weighted by Gasteiger charge is 2.22. The van der Waals surface area contributed by atoms with E-state index >= 15 is 0 Å². The van der Waals surface area contributed by atoms with Crippen molar-refractivity contribution < 1.29 is 36.0 Å². The average molecular weight is 568 g/mol. The topological polar surface area (TPSA) is 148 Å². The average Bonchev–Trinajstić information content (AvgIpc) is 2.83. The Morgan fingerprint density at radius 2 is 1.59 bits per heavy atom. The second-order valence-corrected chi connectivity index (χ2v) is 11.4. The van der Waals surface area contributed by atoms with Crippen molar-refractivity contribution in [3.05, 3.63) is 88.9 Å². The molecule has 0 aliphatic carbocycles. The third-order valence-corrected chi connectivity index (χ3v) is 7.26. The molecule has 0 saturated heterocycles. The van der Waals surface area contributed by atoms with Gasteiger partial charge in [0.1, 0.15) is 6.61 Å². The minimum Gasteiger partial charge on any atom is -0.457 e.